The van der Waals surface area contributed by atoms with Crippen molar-refractivity contribution in [1.29, 1.82) is 0 Å². The van der Waals surface area contributed by atoms with Crippen molar-refractivity contribution >= 4 is 0 Å². The Hall–Kier alpha value is -0.120. The van der Waals surface area contributed by atoms with E-state index >= 15 is 0 Å². The predicted molar refractivity (Wildman–Crippen MR) is 80.6 cm³/mol. The Kier molecular flexibility index (Phi) is 6.62. The molecule has 3 nitrogen and oxygen atoms in total. The molecule has 2 aliphatic rings. The minimum atomic E-state index is 0.510. The van der Waals surface area contributed by atoms with Crippen LogP contribution in [0.2, 0.25) is 0 Å². The summed E-state index contributed by atoms with van der Waals surface area (Å²) in [6, 6.07) is 1.58. The molecule has 3 heteroatoms. The summed E-state index contributed by atoms with van der Waals surface area (Å²) in [4.78, 5) is 2.67. The van der Waals surface area contributed by atoms with E-state index in [0.29, 0.717) is 6.10 Å². The molecule has 0 spiro atoms. The van der Waals surface area contributed by atoms with Gasteiger partial charge in [-0.05, 0) is 58.0 Å². The fraction of sp³-hybridized carbons (Fsp3) is 1.00. The average Bonchev–Trinajstić information content (AvgIpc) is 2.96. The lowest BCUT2D eigenvalue weighted by Gasteiger charge is -2.37. The van der Waals surface area contributed by atoms with Crippen LogP contribution in [0.4, 0.5) is 0 Å². The van der Waals surface area contributed by atoms with E-state index in [1.165, 1.54) is 58.0 Å². The normalized spacial score (nSPS) is 32.1. The van der Waals surface area contributed by atoms with E-state index in [9.17, 15) is 0 Å². The van der Waals surface area contributed by atoms with Crippen LogP contribution in [0.25, 0.3) is 0 Å². The lowest BCUT2D eigenvalue weighted by Crippen LogP contribution is -2.45. The Balaban J connectivity index is 1.71. The fourth-order valence-corrected chi connectivity index (χ4v) is 3.58. The third kappa shape index (κ3) is 4.73. The number of hydrogen-bond donors (Lipinski definition) is 1. The quantitative estimate of drug-likeness (QED) is 0.768. The summed E-state index contributed by atoms with van der Waals surface area (Å²) >= 11 is 0. The van der Waals surface area contributed by atoms with Crippen LogP contribution >= 0.6 is 0 Å². The van der Waals surface area contributed by atoms with Crippen molar-refractivity contribution in [3.63, 3.8) is 0 Å². The zero-order valence-electron chi connectivity index (χ0n) is 12.9. The second-order valence-electron chi connectivity index (χ2n) is 6.18. The zero-order chi connectivity index (χ0) is 13.5. The van der Waals surface area contributed by atoms with Crippen molar-refractivity contribution in [3.05, 3.63) is 0 Å². The minimum Gasteiger partial charge on any atom is -0.377 e. The van der Waals surface area contributed by atoms with Gasteiger partial charge in [-0.3, -0.25) is 4.90 Å². The molecule has 0 bridgehead atoms. The highest BCUT2D eigenvalue weighted by Gasteiger charge is 2.27. The van der Waals surface area contributed by atoms with E-state index in [0.717, 1.165) is 25.2 Å². The van der Waals surface area contributed by atoms with Crippen LogP contribution in [0.5, 0.6) is 0 Å². The van der Waals surface area contributed by atoms with Gasteiger partial charge < -0.3 is 10.1 Å². The zero-order valence-corrected chi connectivity index (χ0v) is 12.9. The van der Waals surface area contributed by atoms with Gasteiger partial charge in [-0.2, -0.15) is 0 Å². The summed E-state index contributed by atoms with van der Waals surface area (Å²) in [5.74, 6) is 0. The molecule has 1 aliphatic heterocycles. The molecule has 1 N–H and O–H groups in total. The molecule has 2 rings (SSSR count). The van der Waals surface area contributed by atoms with Gasteiger partial charge >= 0.3 is 0 Å². The largest absolute Gasteiger partial charge is 0.377 e. The molecule has 0 radical (unpaired) electrons. The lowest BCUT2D eigenvalue weighted by molar-refractivity contribution is 0.0488. The lowest BCUT2D eigenvalue weighted by atomic mass is 9.90. The number of ether oxygens (including phenoxy) is 1. The molecule has 2 fully saturated rings. The van der Waals surface area contributed by atoms with Crippen LogP contribution in [0.1, 0.15) is 58.8 Å². The highest BCUT2D eigenvalue weighted by atomic mass is 16.5. The van der Waals surface area contributed by atoms with Crippen LogP contribution in [0.15, 0.2) is 0 Å². The summed E-state index contributed by atoms with van der Waals surface area (Å²) in [7, 11) is 0. The van der Waals surface area contributed by atoms with Gasteiger partial charge in [0.2, 0.25) is 0 Å². The summed E-state index contributed by atoms with van der Waals surface area (Å²) in [5.41, 5.74) is 0. The first-order chi connectivity index (χ1) is 9.33. The van der Waals surface area contributed by atoms with E-state index in [4.69, 9.17) is 4.74 Å². The molecule has 1 heterocycles. The predicted octanol–water partition coefficient (Wildman–Crippen LogP) is 2.80. The number of nitrogens with zero attached hydrogens (tertiary/aromatic N) is 1. The standard InChI is InChI=1S/C16H32N2O/c1-3-11-17-14-7-9-15(10-8-14)18(4-2)13-16-6-5-12-19-16/h14-17H,3-13H2,1-2H3. The van der Waals surface area contributed by atoms with Gasteiger partial charge in [-0.15, -0.1) is 0 Å². The molecule has 1 saturated carbocycles. The molecular weight excluding hydrogens is 236 g/mol. The first-order valence-corrected chi connectivity index (χ1v) is 8.42. The molecule has 0 aromatic rings. The first-order valence-electron chi connectivity index (χ1n) is 8.42. The highest BCUT2D eigenvalue weighted by Crippen LogP contribution is 2.24. The first kappa shape index (κ1) is 15.3. The topological polar surface area (TPSA) is 24.5 Å². The van der Waals surface area contributed by atoms with Crippen molar-refractivity contribution in [2.24, 2.45) is 0 Å². The molecule has 19 heavy (non-hydrogen) atoms. The summed E-state index contributed by atoms with van der Waals surface area (Å²) in [5, 5.41) is 3.68. The van der Waals surface area contributed by atoms with E-state index in [2.05, 4.69) is 24.1 Å². The maximum atomic E-state index is 5.80. The molecule has 1 atom stereocenters. The average molecular weight is 268 g/mol. The van der Waals surface area contributed by atoms with E-state index in [1.54, 1.807) is 0 Å². The monoisotopic (exact) mass is 268 g/mol. The molecule has 1 unspecified atom stereocenters. The van der Waals surface area contributed by atoms with Gasteiger partial charge in [0.25, 0.3) is 0 Å². The Morgan fingerprint density at radius 3 is 2.47 bits per heavy atom. The molecule has 0 amide bonds. The van der Waals surface area contributed by atoms with Crippen molar-refractivity contribution in [3.8, 4) is 0 Å². The molecule has 1 aliphatic carbocycles. The number of hydrogen-bond acceptors (Lipinski definition) is 3. The van der Waals surface area contributed by atoms with Crippen molar-refractivity contribution in [1.82, 2.24) is 10.2 Å². The summed E-state index contributed by atoms with van der Waals surface area (Å²) < 4.78 is 5.80. The molecular formula is C16H32N2O. The minimum absolute atomic E-state index is 0.510. The van der Waals surface area contributed by atoms with Gasteiger partial charge in [0.15, 0.2) is 0 Å². The highest BCUT2D eigenvalue weighted by molar-refractivity contribution is 4.84. The van der Waals surface area contributed by atoms with E-state index in [1.807, 2.05) is 0 Å². The Morgan fingerprint density at radius 1 is 1.11 bits per heavy atom. The number of rotatable bonds is 7. The van der Waals surface area contributed by atoms with Gasteiger partial charge in [-0.1, -0.05) is 13.8 Å². The smallest absolute Gasteiger partial charge is 0.0702 e. The fourth-order valence-electron chi connectivity index (χ4n) is 3.58. The van der Waals surface area contributed by atoms with Gasteiger partial charge in [-0.25, -0.2) is 0 Å². The van der Waals surface area contributed by atoms with Crippen LogP contribution in [0, 0.1) is 0 Å². The van der Waals surface area contributed by atoms with Crippen molar-refractivity contribution < 1.29 is 4.74 Å². The van der Waals surface area contributed by atoms with Crippen molar-refractivity contribution in [2.75, 3.05) is 26.2 Å². The van der Waals surface area contributed by atoms with Crippen LogP contribution in [0.3, 0.4) is 0 Å². The SMILES string of the molecule is CCCNC1CCC(N(CC)CC2CCCO2)CC1. The third-order valence-corrected chi connectivity index (χ3v) is 4.76. The van der Waals surface area contributed by atoms with Gasteiger partial charge in [0.05, 0.1) is 6.10 Å². The molecule has 1 saturated heterocycles. The van der Waals surface area contributed by atoms with Gasteiger partial charge in [0.1, 0.15) is 0 Å². The van der Waals surface area contributed by atoms with Crippen LogP contribution in [-0.2, 0) is 4.74 Å². The number of likely N-dealkylation sites (N-methyl/N-ethyl adjacent to an activating group) is 1. The Morgan fingerprint density at radius 2 is 1.89 bits per heavy atom. The second kappa shape index (κ2) is 8.23. The van der Waals surface area contributed by atoms with E-state index in [-0.39, 0.29) is 0 Å². The van der Waals surface area contributed by atoms with Crippen molar-refractivity contribution in [2.45, 2.75) is 77.0 Å². The summed E-state index contributed by atoms with van der Waals surface area (Å²) in [6.45, 7) is 9.06. The second-order valence-corrected chi connectivity index (χ2v) is 6.18. The Bertz CT molecular complexity index is 233. The maximum absolute atomic E-state index is 5.80. The molecule has 0 aromatic carbocycles. The molecule has 112 valence electrons. The Labute approximate surface area is 119 Å². The van der Waals surface area contributed by atoms with E-state index < -0.39 is 0 Å². The third-order valence-electron chi connectivity index (χ3n) is 4.76. The van der Waals surface area contributed by atoms with Gasteiger partial charge in [0, 0.05) is 25.2 Å². The molecule has 0 aromatic heterocycles. The van der Waals surface area contributed by atoms with Crippen LogP contribution in [-0.4, -0.2) is 49.3 Å². The van der Waals surface area contributed by atoms with Crippen LogP contribution < -0.4 is 5.32 Å². The summed E-state index contributed by atoms with van der Waals surface area (Å²) in [6.07, 6.45) is 9.72. The maximum Gasteiger partial charge on any atom is 0.0702 e. The number of nitrogens with one attached hydrogen (secondary N) is 1.